The Morgan fingerprint density at radius 2 is 1.65 bits per heavy atom. The second-order valence-electron chi connectivity index (χ2n) is 11.3. The number of carbonyl (C=O) groups excluding carboxylic acids is 4. The molecule has 0 aromatic heterocycles. The Labute approximate surface area is 232 Å². The van der Waals surface area contributed by atoms with Gasteiger partial charge in [0.1, 0.15) is 12.2 Å². The molecule has 4 aliphatic rings. The standard InChI is InChI=1S/C30H34O10/c1-15-21(34)11-20-12-22-29(5,23(37-16(2)31)13-24-30(22,14-36-24)40-18(4)33)27(38-17(3)32)26(25(15)20)39-28(35)19-9-7-6-8-10-19/h6-10,12,21-24,26-27,34H,11,13-14H2,1-5H3/t21-,22-,23-,24+,26+,27-,29-,30+/m0/s1. The molecule has 0 amide bonds. The summed E-state index contributed by atoms with van der Waals surface area (Å²) >= 11 is 0. The fraction of sp³-hybridized carbons (Fsp3) is 0.533. The minimum absolute atomic E-state index is 0.0793. The fourth-order valence-electron chi connectivity index (χ4n) is 6.97. The lowest BCUT2D eigenvalue weighted by Crippen LogP contribution is -2.75. The van der Waals surface area contributed by atoms with Gasteiger partial charge in [0.15, 0.2) is 17.8 Å². The lowest BCUT2D eigenvalue weighted by atomic mass is 9.53. The average Bonchev–Trinajstić information content (AvgIpc) is 3.11. The van der Waals surface area contributed by atoms with Crippen molar-refractivity contribution < 1.29 is 48.0 Å². The van der Waals surface area contributed by atoms with Crippen LogP contribution in [-0.4, -0.2) is 71.7 Å². The van der Waals surface area contributed by atoms with Gasteiger partial charge in [-0.2, -0.15) is 0 Å². The summed E-state index contributed by atoms with van der Waals surface area (Å²) in [6.07, 6.45) is -2.33. The van der Waals surface area contributed by atoms with Crippen molar-refractivity contribution in [1.82, 2.24) is 0 Å². The van der Waals surface area contributed by atoms with E-state index in [0.717, 1.165) is 0 Å². The third-order valence-electron chi connectivity index (χ3n) is 8.78. The van der Waals surface area contributed by atoms with E-state index in [2.05, 4.69) is 0 Å². The molecule has 1 aromatic rings. The number of benzene rings is 1. The first-order valence-electron chi connectivity index (χ1n) is 13.4. The average molecular weight is 555 g/mol. The highest BCUT2D eigenvalue weighted by molar-refractivity contribution is 5.89. The maximum Gasteiger partial charge on any atom is 0.338 e. The zero-order chi connectivity index (χ0) is 29.0. The molecule has 214 valence electrons. The summed E-state index contributed by atoms with van der Waals surface area (Å²) in [4.78, 5) is 50.8. The van der Waals surface area contributed by atoms with Crippen LogP contribution in [0.2, 0.25) is 0 Å². The first kappa shape index (κ1) is 28.0. The van der Waals surface area contributed by atoms with Gasteiger partial charge in [0, 0.05) is 45.1 Å². The van der Waals surface area contributed by atoms with Crippen LogP contribution in [0.25, 0.3) is 0 Å². The van der Waals surface area contributed by atoms with Gasteiger partial charge in [0.25, 0.3) is 0 Å². The van der Waals surface area contributed by atoms with Crippen LogP contribution in [-0.2, 0) is 38.1 Å². The molecule has 1 aliphatic heterocycles. The van der Waals surface area contributed by atoms with E-state index in [1.54, 1.807) is 44.2 Å². The number of hydrogen-bond acceptors (Lipinski definition) is 10. The van der Waals surface area contributed by atoms with Gasteiger partial charge >= 0.3 is 23.9 Å². The van der Waals surface area contributed by atoms with Gasteiger partial charge in [-0.1, -0.05) is 31.2 Å². The summed E-state index contributed by atoms with van der Waals surface area (Å²) in [7, 11) is 0. The van der Waals surface area contributed by atoms with Crippen LogP contribution in [0.4, 0.5) is 0 Å². The fourth-order valence-corrected chi connectivity index (χ4v) is 6.97. The zero-order valence-electron chi connectivity index (χ0n) is 23.2. The van der Waals surface area contributed by atoms with E-state index in [4.69, 9.17) is 23.7 Å². The van der Waals surface area contributed by atoms with Crippen LogP contribution in [0.1, 0.15) is 57.8 Å². The molecule has 5 rings (SSSR count). The van der Waals surface area contributed by atoms with Gasteiger partial charge in [-0.15, -0.1) is 0 Å². The number of rotatable bonds is 5. The molecule has 1 heterocycles. The molecular formula is C30H34O10. The van der Waals surface area contributed by atoms with Crippen LogP contribution in [0, 0.1) is 11.3 Å². The second kappa shape index (κ2) is 10.2. The van der Waals surface area contributed by atoms with Crippen molar-refractivity contribution in [2.45, 2.75) is 83.6 Å². The van der Waals surface area contributed by atoms with Gasteiger partial charge in [0.05, 0.1) is 23.7 Å². The van der Waals surface area contributed by atoms with Crippen molar-refractivity contribution in [1.29, 1.82) is 0 Å². The molecule has 0 radical (unpaired) electrons. The number of aliphatic hydroxyl groups is 1. The van der Waals surface area contributed by atoms with E-state index >= 15 is 0 Å². The number of carbonyl (C=O) groups is 4. The molecule has 0 spiro atoms. The first-order valence-corrected chi connectivity index (χ1v) is 13.4. The topological polar surface area (TPSA) is 135 Å². The van der Waals surface area contributed by atoms with E-state index in [0.29, 0.717) is 22.3 Å². The Kier molecular flexibility index (Phi) is 7.12. The van der Waals surface area contributed by atoms with Crippen molar-refractivity contribution >= 4 is 23.9 Å². The van der Waals surface area contributed by atoms with Gasteiger partial charge in [-0.05, 0) is 30.2 Å². The predicted molar refractivity (Wildman–Crippen MR) is 139 cm³/mol. The normalized spacial score (nSPS) is 36.0. The van der Waals surface area contributed by atoms with Crippen LogP contribution in [0.15, 0.2) is 53.1 Å². The maximum atomic E-state index is 13.5. The SMILES string of the molecule is CC(=O)O[C@H]1C[C@H]2OC[C@@]2(OC(C)=O)[C@H]2C=C3C[C@H](O)C(C)=C3[C@@H](OC(=O)c3ccccc3)[C@H](OC(C)=O)[C@]12C. The molecule has 40 heavy (non-hydrogen) atoms. The van der Waals surface area contributed by atoms with Gasteiger partial charge in [-0.25, -0.2) is 4.79 Å². The van der Waals surface area contributed by atoms with Gasteiger partial charge in [-0.3, -0.25) is 14.4 Å². The molecular weight excluding hydrogens is 520 g/mol. The summed E-state index contributed by atoms with van der Waals surface area (Å²) in [6.45, 7) is 7.47. The third-order valence-corrected chi connectivity index (χ3v) is 8.78. The highest BCUT2D eigenvalue weighted by Gasteiger charge is 2.72. The number of hydrogen-bond donors (Lipinski definition) is 1. The largest absolute Gasteiger partial charge is 0.462 e. The van der Waals surface area contributed by atoms with Crippen molar-refractivity contribution in [3.8, 4) is 0 Å². The minimum Gasteiger partial charge on any atom is -0.462 e. The van der Waals surface area contributed by atoms with E-state index < -0.39 is 71.3 Å². The van der Waals surface area contributed by atoms with E-state index in [-0.39, 0.29) is 19.4 Å². The number of fused-ring (bicyclic) bond motifs is 4. The first-order chi connectivity index (χ1) is 18.9. The van der Waals surface area contributed by atoms with Crippen molar-refractivity contribution in [3.63, 3.8) is 0 Å². The zero-order valence-corrected chi connectivity index (χ0v) is 23.2. The van der Waals surface area contributed by atoms with Crippen LogP contribution in [0.3, 0.4) is 0 Å². The lowest BCUT2D eigenvalue weighted by Gasteiger charge is -2.63. The Morgan fingerprint density at radius 1 is 0.975 bits per heavy atom. The Balaban J connectivity index is 1.73. The smallest absolute Gasteiger partial charge is 0.338 e. The molecule has 1 aromatic carbocycles. The predicted octanol–water partition coefficient (Wildman–Crippen LogP) is 2.82. The van der Waals surface area contributed by atoms with E-state index in [9.17, 15) is 24.3 Å². The molecule has 1 saturated heterocycles. The minimum atomic E-state index is -1.23. The van der Waals surface area contributed by atoms with E-state index in [1.807, 2.05) is 6.08 Å². The summed E-state index contributed by atoms with van der Waals surface area (Å²) in [5.41, 5.74) is -0.292. The monoisotopic (exact) mass is 554 g/mol. The molecule has 2 fully saturated rings. The summed E-state index contributed by atoms with van der Waals surface area (Å²) in [5, 5.41) is 10.9. The van der Waals surface area contributed by atoms with Crippen molar-refractivity contribution in [2.24, 2.45) is 11.3 Å². The Morgan fingerprint density at radius 3 is 2.23 bits per heavy atom. The van der Waals surface area contributed by atoms with Gasteiger partial charge < -0.3 is 28.8 Å². The Hall–Kier alpha value is -3.50. The molecule has 3 aliphatic carbocycles. The quantitative estimate of drug-likeness (QED) is 0.428. The highest BCUT2D eigenvalue weighted by atomic mass is 16.6. The molecule has 1 saturated carbocycles. The van der Waals surface area contributed by atoms with Crippen molar-refractivity contribution in [2.75, 3.05) is 6.61 Å². The molecule has 8 atom stereocenters. The third kappa shape index (κ3) is 4.43. The number of esters is 4. The molecule has 10 nitrogen and oxygen atoms in total. The molecule has 0 unspecified atom stereocenters. The molecule has 0 bridgehead atoms. The second-order valence-corrected chi connectivity index (χ2v) is 11.3. The Bertz CT molecular complexity index is 1300. The summed E-state index contributed by atoms with van der Waals surface area (Å²) in [5.74, 6) is -3.04. The number of aliphatic hydroxyl groups excluding tert-OH is 1. The van der Waals surface area contributed by atoms with Gasteiger partial charge in [0.2, 0.25) is 0 Å². The number of ether oxygens (including phenoxy) is 5. The lowest BCUT2D eigenvalue weighted by molar-refractivity contribution is -0.326. The van der Waals surface area contributed by atoms with E-state index in [1.165, 1.54) is 20.8 Å². The van der Waals surface area contributed by atoms with Crippen LogP contribution < -0.4 is 0 Å². The molecule has 1 N–H and O–H groups in total. The van der Waals surface area contributed by atoms with Crippen LogP contribution >= 0.6 is 0 Å². The summed E-state index contributed by atoms with van der Waals surface area (Å²) < 4.78 is 29.9. The summed E-state index contributed by atoms with van der Waals surface area (Å²) in [6, 6.07) is 8.41. The maximum absolute atomic E-state index is 13.5. The molecule has 10 heteroatoms. The highest BCUT2D eigenvalue weighted by Crippen LogP contribution is 2.61. The van der Waals surface area contributed by atoms with Crippen molar-refractivity contribution in [3.05, 3.63) is 58.7 Å². The van der Waals surface area contributed by atoms with Crippen LogP contribution in [0.5, 0.6) is 0 Å².